The third-order valence-corrected chi connectivity index (χ3v) is 6.10. The van der Waals surface area contributed by atoms with E-state index in [4.69, 9.17) is 9.47 Å². The minimum atomic E-state index is 0.105. The van der Waals surface area contributed by atoms with Gasteiger partial charge in [0.15, 0.2) is 11.5 Å². The van der Waals surface area contributed by atoms with Gasteiger partial charge in [-0.1, -0.05) is 19.8 Å². The highest BCUT2D eigenvalue weighted by Gasteiger charge is 2.21. The number of methoxy groups -OCH3 is 2. The SMILES string of the molecule is COc1ccc(CNc2nc(C#N)nc3ncn(CC4CCC(C)CC4)c23)c(OC)c1. The lowest BCUT2D eigenvalue weighted by Crippen LogP contribution is -2.18. The lowest BCUT2D eigenvalue weighted by atomic mass is 9.83. The van der Waals surface area contributed by atoms with Gasteiger partial charge in [-0.05, 0) is 36.8 Å². The van der Waals surface area contributed by atoms with Gasteiger partial charge in [-0.25, -0.2) is 4.98 Å². The third kappa shape index (κ3) is 4.55. The molecule has 1 N–H and O–H groups in total. The van der Waals surface area contributed by atoms with Crippen molar-refractivity contribution < 1.29 is 9.47 Å². The van der Waals surface area contributed by atoms with Crippen molar-refractivity contribution in [2.24, 2.45) is 11.8 Å². The first kappa shape index (κ1) is 20.9. The van der Waals surface area contributed by atoms with Crippen LogP contribution in [0.1, 0.15) is 44.0 Å². The van der Waals surface area contributed by atoms with Crippen LogP contribution in [-0.2, 0) is 13.1 Å². The Morgan fingerprint density at radius 3 is 2.68 bits per heavy atom. The molecule has 0 unspecified atom stereocenters. The van der Waals surface area contributed by atoms with Gasteiger partial charge in [-0.15, -0.1) is 0 Å². The van der Waals surface area contributed by atoms with E-state index >= 15 is 0 Å². The zero-order valence-electron chi connectivity index (χ0n) is 18.3. The molecule has 1 aliphatic carbocycles. The van der Waals surface area contributed by atoms with E-state index < -0.39 is 0 Å². The van der Waals surface area contributed by atoms with Crippen LogP contribution in [0.4, 0.5) is 5.82 Å². The Kier molecular flexibility index (Phi) is 6.21. The van der Waals surface area contributed by atoms with Gasteiger partial charge >= 0.3 is 0 Å². The van der Waals surface area contributed by atoms with Crippen molar-refractivity contribution in [1.82, 2.24) is 19.5 Å². The fourth-order valence-electron chi connectivity index (χ4n) is 4.26. The van der Waals surface area contributed by atoms with Gasteiger partial charge in [-0.3, -0.25) is 0 Å². The average molecular weight is 421 g/mol. The summed E-state index contributed by atoms with van der Waals surface area (Å²) >= 11 is 0. The van der Waals surface area contributed by atoms with Crippen molar-refractivity contribution in [1.29, 1.82) is 5.26 Å². The normalized spacial score (nSPS) is 18.5. The second kappa shape index (κ2) is 9.21. The zero-order chi connectivity index (χ0) is 21.8. The number of fused-ring (bicyclic) bond motifs is 1. The molecule has 0 aliphatic heterocycles. The van der Waals surface area contributed by atoms with Crippen molar-refractivity contribution in [3.63, 3.8) is 0 Å². The van der Waals surface area contributed by atoms with Crippen molar-refractivity contribution in [3.05, 3.63) is 35.9 Å². The molecule has 1 saturated carbocycles. The van der Waals surface area contributed by atoms with Gasteiger partial charge in [0.2, 0.25) is 5.82 Å². The number of ether oxygens (including phenoxy) is 2. The first-order chi connectivity index (χ1) is 15.1. The second-order valence-corrected chi connectivity index (χ2v) is 8.23. The zero-order valence-corrected chi connectivity index (χ0v) is 18.3. The van der Waals surface area contributed by atoms with E-state index in [1.165, 1.54) is 25.7 Å². The molecule has 0 saturated heterocycles. The summed E-state index contributed by atoms with van der Waals surface area (Å²) in [6, 6.07) is 7.73. The van der Waals surface area contributed by atoms with Crippen LogP contribution in [0.5, 0.6) is 11.5 Å². The van der Waals surface area contributed by atoms with Crippen molar-refractivity contribution in [3.8, 4) is 17.6 Å². The molecule has 31 heavy (non-hydrogen) atoms. The van der Waals surface area contributed by atoms with E-state index in [-0.39, 0.29) is 5.82 Å². The van der Waals surface area contributed by atoms with Gasteiger partial charge < -0.3 is 19.4 Å². The van der Waals surface area contributed by atoms with Gasteiger partial charge in [0.1, 0.15) is 23.1 Å². The predicted octanol–water partition coefficient (Wildman–Crippen LogP) is 4.15. The van der Waals surface area contributed by atoms with Crippen LogP contribution in [0.3, 0.4) is 0 Å². The highest BCUT2D eigenvalue weighted by atomic mass is 16.5. The Balaban J connectivity index is 1.62. The number of imidazole rings is 1. The summed E-state index contributed by atoms with van der Waals surface area (Å²) in [6.07, 6.45) is 6.81. The van der Waals surface area contributed by atoms with E-state index in [1.54, 1.807) is 14.2 Å². The number of rotatable bonds is 7. The molecule has 0 amide bonds. The lowest BCUT2D eigenvalue weighted by Gasteiger charge is -2.26. The van der Waals surface area contributed by atoms with Crippen LogP contribution in [0.25, 0.3) is 11.2 Å². The number of nitrogens with zero attached hydrogens (tertiary/aromatic N) is 5. The van der Waals surface area contributed by atoms with Crippen LogP contribution in [-0.4, -0.2) is 33.7 Å². The number of hydrogen-bond donors (Lipinski definition) is 1. The summed E-state index contributed by atoms with van der Waals surface area (Å²) in [5.74, 6) is 3.61. The van der Waals surface area contributed by atoms with Crippen molar-refractivity contribution >= 4 is 17.0 Å². The molecular formula is C23H28N6O2. The first-order valence-corrected chi connectivity index (χ1v) is 10.7. The number of hydrogen-bond acceptors (Lipinski definition) is 7. The molecule has 1 aromatic carbocycles. The summed E-state index contributed by atoms with van der Waals surface area (Å²) in [4.78, 5) is 13.2. The minimum Gasteiger partial charge on any atom is -0.497 e. The first-order valence-electron chi connectivity index (χ1n) is 10.7. The Morgan fingerprint density at radius 1 is 1.16 bits per heavy atom. The molecule has 8 nitrogen and oxygen atoms in total. The summed E-state index contributed by atoms with van der Waals surface area (Å²) in [6.45, 7) is 3.70. The Hall–Kier alpha value is -3.34. The Bertz CT molecular complexity index is 1100. The van der Waals surface area contributed by atoms with E-state index in [0.717, 1.165) is 35.0 Å². The smallest absolute Gasteiger partial charge is 0.236 e. The molecule has 3 aromatic rings. The molecule has 0 atom stereocenters. The molecule has 0 bridgehead atoms. The van der Waals surface area contributed by atoms with Gasteiger partial charge in [0.25, 0.3) is 0 Å². The monoisotopic (exact) mass is 420 g/mol. The predicted molar refractivity (Wildman–Crippen MR) is 118 cm³/mol. The van der Waals surface area contributed by atoms with E-state index in [0.29, 0.717) is 23.9 Å². The fourth-order valence-corrected chi connectivity index (χ4v) is 4.26. The Labute approximate surface area is 182 Å². The molecule has 0 spiro atoms. The van der Waals surface area contributed by atoms with Crippen molar-refractivity contribution in [2.75, 3.05) is 19.5 Å². The number of anilines is 1. The summed E-state index contributed by atoms with van der Waals surface area (Å²) in [7, 11) is 3.26. The largest absolute Gasteiger partial charge is 0.497 e. The van der Waals surface area contributed by atoms with E-state index in [9.17, 15) is 5.26 Å². The maximum Gasteiger partial charge on any atom is 0.236 e. The molecule has 0 radical (unpaired) electrons. The van der Waals surface area contributed by atoms with E-state index in [2.05, 4.69) is 31.8 Å². The number of nitriles is 1. The van der Waals surface area contributed by atoms with Gasteiger partial charge in [0.05, 0.1) is 20.5 Å². The highest BCUT2D eigenvalue weighted by Crippen LogP contribution is 2.31. The Morgan fingerprint density at radius 2 is 1.97 bits per heavy atom. The van der Waals surface area contributed by atoms with Gasteiger partial charge in [-0.2, -0.15) is 15.2 Å². The van der Waals surface area contributed by atoms with Crippen molar-refractivity contribution in [2.45, 2.75) is 45.7 Å². The summed E-state index contributed by atoms with van der Waals surface area (Å²) in [5, 5.41) is 12.7. The molecule has 8 heteroatoms. The third-order valence-electron chi connectivity index (χ3n) is 6.10. The molecule has 2 aromatic heterocycles. The lowest BCUT2D eigenvalue weighted by molar-refractivity contribution is 0.266. The average Bonchev–Trinajstić information content (AvgIpc) is 3.21. The van der Waals surface area contributed by atoms with Crippen LogP contribution >= 0.6 is 0 Å². The van der Waals surface area contributed by atoms with Crippen LogP contribution in [0.15, 0.2) is 24.5 Å². The molecule has 4 rings (SSSR count). The highest BCUT2D eigenvalue weighted by molar-refractivity contribution is 5.83. The minimum absolute atomic E-state index is 0.105. The maximum atomic E-state index is 9.37. The molecule has 162 valence electrons. The quantitative estimate of drug-likeness (QED) is 0.613. The number of nitrogens with one attached hydrogen (secondary N) is 1. The van der Waals surface area contributed by atoms with Crippen LogP contribution < -0.4 is 14.8 Å². The number of benzene rings is 1. The molecule has 2 heterocycles. The second-order valence-electron chi connectivity index (χ2n) is 8.23. The standard InChI is InChI=1S/C23H28N6O2/c1-15-4-6-16(7-5-15)13-29-14-26-23-21(29)22(27-20(11-24)28-23)25-12-17-8-9-18(30-2)10-19(17)31-3/h8-10,14-16H,4-7,12-13H2,1-3H3,(H,25,27,28). The van der Waals surface area contributed by atoms with Crippen LogP contribution in [0, 0.1) is 23.2 Å². The molecule has 1 aliphatic rings. The molecule has 1 fully saturated rings. The summed E-state index contributed by atoms with van der Waals surface area (Å²) in [5.41, 5.74) is 2.34. The van der Waals surface area contributed by atoms with Crippen LogP contribution in [0.2, 0.25) is 0 Å². The molecular weight excluding hydrogens is 392 g/mol. The topological polar surface area (TPSA) is 97.9 Å². The van der Waals surface area contributed by atoms with Gasteiger partial charge in [0, 0.05) is 24.7 Å². The summed E-state index contributed by atoms with van der Waals surface area (Å²) < 4.78 is 12.9. The number of aromatic nitrogens is 4. The van der Waals surface area contributed by atoms with E-state index in [1.807, 2.05) is 30.6 Å². The maximum absolute atomic E-state index is 9.37. The fraction of sp³-hybridized carbons (Fsp3) is 0.478.